The molecule has 6 nitrogen and oxygen atoms in total. The van der Waals surface area contributed by atoms with Crippen molar-refractivity contribution in [2.45, 2.75) is 45.3 Å². The largest absolute Gasteiger partial charge is 0.396 e. The number of aliphatic hydroxyl groups is 3. The first kappa shape index (κ1) is 28.8. The second kappa shape index (κ2) is 19.2. The first-order valence-corrected chi connectivity index (χ1v) is 11.8. The fraction of sp³-hybridized carbons (Fsp3) is 0.600. The van der Waals surface area contributed by atoms with Crippen molar-refractivity contribution in [1.29, 1.82) is 0 Å². The number of nitrogens with one attached hydrogen (secondary N) is 1. The van der Waals surface area contributed by atoms with Crippen LogP contribution >= 0.6 is 11.6 Å². The van der Waals surface area contributed by atoms with Crippen LogP contribution in [-0.2, 0) is 16.1 Å². The van der Waals surface area contributed by atoms with Crippen molar-refractivity contribution in [2.75, 3.05) is 46.1 Å². The third kappa shape index (κ3) is 14.0. The van der Waals surface area contributed by atoms with Crippen LogP contribution in [0.3, 0.4) is 0 Å². The molecule has 0 bridgehead atoms. The van der Waals surface area contributed by atoms with E-state index in [2.05, 4.69) is 5.32 Å². The highest BCUT2D eigenvalue weighted by Crippen LogP contribution is 2.15. The van der Waals surface area contributed by atoms with Gasteiger partial charge >= 0.3 is 0 Å². The molecule has 4 N–H and O–H groups in total. The fourth-order valence-electron chi connectivity index (χ4n) is 3.03. The minimum atomic E-state index is -0.666. The van der Waals surface area contributed by atoms with Crippen LogP contribution in [-0.4, -0.2) is 67.5 Å². The zero-order valence-electron chi connectivity index (χ0n) is 19.2. The van der Waals surface area contributed by atoms with E-state index in [9.17, 15) is 10.2 Å². The molecular formula is C25H40ClNO5. The highest BCUT2D eigenvalue weighted by molar-refractivity contribution is 6.31. The van der Waals surface area contributed by atoms with Crippen LogP contribution < -0.4 is 5.32 Å². The third-order valence-corrected chi connectivity index (χ3v) is 5.25. The Morgan fingerprint density at radius 1 is 1.06 bits per heavy atom. The van der Waals surface area contributed by atoms with Gasteiger partial charge in [-0.3, -0.25) is 0 Å². The number of benzene rings is 1. The topological polar surface area (TPSA) is 91.2 Å². The molecule has 0 spiro atoms. The van der Waals surface area contributed by atoms with Crippen LogP contribution in [0.4, 0.5) is 0 Å². The lowest BCUT2D eigenvalue weighted by Crippen LogP contribution is -2.29. The molecule has 0 aromatic heterocycles. The second-order valence-corrected chi connectivity index (χ2v) is 8.21. The lowest BCUT2D eigenvalue weighted by Gasteiger charge is -2.15. The van der Waals surface area contributed by atoms with Crippen LogP contribution in [0.25, 0.3) is 0 Å². The van der Waals surface area contributed by atoms with E-state index in [1.807, 2.05) is 37.3 Å². The molecule has 0 amide bonds. The Labute approximate surface area is 197 Å². The molecule has 1 aromatic carbocycles. The molecule has 7 heteroatoms. The van der Waals surface area contributed by atoms with Gasteiger partial charge in [0.2, 0.25) is 0 Å². The summed E-state index contributed by atoms with van der Waals surface area (Å²) in [4.78, 5) is 0. The Balaban J connectivity index is 1.99. The number of hydrogen-bond donors (Lipinski definition) is 4. The summed E-state index contributed by atoms with van der Waals surface area (Å²) >= 11 is 6.09. The van der Waals surface area contributed by atoms with E-state index < -0.39 is 6.10 Å². The first-order chi connectivity index (χ1) is 15.6. The zero-order chi connectivity index (χ0) is 23.4. The van der Waals surface area contributed by atoms with Gasteiger partial charge in [-0.05, 0) is 42.5 Å². The number of aliphatic hydroxyl groups excluding tert-OH is 3. The van der Waals surface area contributed by atoms with Gasteiger partial charge in [-0.1, -0.05) is 67.8 Å². The van der Waals surface area contributed by atoms with Crippen molar-refractivity contribution < 1.29 is 24.8 Å². The average molecular weight is 470 g/mol. The SMILES string of the molecule is CC(/C=C(\C=C/CO)C(O)CNCCCCCCOCCOCc1ccccc1Cl)CO. The summed E-state index contributed by atoms with van der Waals surface area (Å²) in [6.45, 7) is 5.47. The standard InChI is InChI=1S/C25H40ClNO5/c1-21(19-29)17-22(10-8-13-28)25(30)18-27-12-6-2-3-7-14-31-15-16-32-20-23-9-4-5-11-24(23)26/h4-5,8-11,17,21,25,27-30H,2-3,6-7,12-16,18-20H2,1H3/b10-8-,22-17+. The van der Waals surface area contributed by atoms with E-state index >= 15 is 0 Å². The monoisotopic (exact) mass is 469 g/mol. The minimum absolute atomic E-state index is 0.0237. The maximum atomic E-state index is 10.3. The molecule has 0 aliphatic carbocycles. The van der Waals surface area contributed by atoms with Gasteiger partial charge in [0, 0.05) is 24.8 Å². The number of ether oxygens (including phenoxy) is 2. The molecule has 182 valence electrons. The van der Waals surface area contributed by atoms with E-state index in [0.29, 0.717) is 31.9 Å². The molecule has 0 aliphatic rings. The van der Waals surface area contributed by atoms with Crippen LogP contribution in [0.2, 0.25) is 5.02 Å². The van der Waals surface area contributed by atoms with Crippen molar-refractivity contribution in [3.05, 3.63) is 58.7 Å². The Kier molecular flexibility index (Phi) is 17.3. The number of rotatable bonds is 19. The van der Waals surface area contributed by atoms with E-state index in [1.54, 1.807) is 12.2 Å². The van der Waals surface area contributed by atoms with E-state index in [4.69, 9.17) is 26.2 Å². The van der Waals surface area contributed by atoms with Gasteiger partial charge in [-0.25, -0.2) is 0 Å². The molecule has 2 atom stereocenters. The smallest absolute Gasteiger partial charge is 0.0911 e. The quantitative estimate of drug-likeness (QED) is 0.183. The number of halogens is 1. The predicted molar refractivity (Wildman–Crippen MR) is 130 cm³/mol. The lowest BCUT2D eigenvalue weighted by atomic mass is 10.0. The average Bonchev–Trinajstić information content (AvgIpc) is 2.80. The van der Waals surface area contributed by atoms with E-state index in [-0.39, 0.29) is 19.1 Å². The van der Waals surface area contributed by atoms with Crippen LogP contribution in [0.5, 0.6) is 0 Å². The van der Waals surface area contributed by atoms with Crippen molar-refractivity contribution in [3.63, 3.8) is 0 Å². The minimum Gasteiger partial charge on any atom is -0.396 e. The van der Waals surface area contributed by atoms with Gasteiger partial charge in [0.05, 0.1) is 32.5 Å². The van der Waals surface area contributed by atoms with Crippen LogP contribution in [0.15, 0.2) is 48.1 Å². The first-order valence-electron chi connectivity index (χ1n) is 11.5. The van der Waals surface area contributed by atoms with Gasteiger partial charge in [-0.15, -0.1) is 0 Å². The summed E-state index contributed by atoms with van der Waals surface area (Å²) in [5, 5.41) is 32.5. The van der Waals surface area contributed by atoms with E-state index in [0.717, 1.165) is 49.4 Å². The molecule has 32 heavy (non-hydrogen) atoms. The predicted octanol–water partition coefficient (Wildman–Crippen LogP) is 3.49. The number of hydrogen-bond acceptors (Lipinski definition) is 6. The maximum absolute atomic E-state index is 10.3. The summed E-state index contributed by atoms with van der Waals surface area (Å²) in [5.41, 5.74) is 1.70. The summed E-state index contributed by atoms with van der Waals surface area (Å²) in [6.07, 6.45) is 8.72. The van der Waals surface area contributed by atoms with Gasteiger partial charge in [-0.2, -0.15) is 0 Å². The second-order valence-electron chi connectivity index (χ2n) is 7.80. The van der Waals surface area contributed by atoms with Crippen LogP contribution in [0, 0.1) is 5.92 Å². The normalized spacial score (nSPS) is 14.2. The molecule has 2 unspecified atom stereocenters. The van der Waals surface area contributed by atoms with Gasteiger partial charge < -0.3 is 30.1 Å². The molecule has 0 radical (unpaired) electrons. The summed E-state index contributed by atoms with van der Waals surface area (Å²) in [5.74, 6) is -0.0425. The molecule has 0 saturated heterocycles. The summed E-state index contributed by atoms with van der Waals surface area (Å²) < 4.78 is 11.2. The molecule has 1 aromatic rings. The zero-order valence-corrected chi connectivity index (χ0v) is 20.0. The Morgan fingerprint density at radius 3 is 2.56 bits per heavy atom. The van der Waals surface area contributed by atoms with Crippen molar-refractivity contribution in [2.24, 2.45) is 5.92 Å². The van der Waals surface area contributed by atoms with E-state index in [1.165, 1.54) is 0 Å². The highest BCUT2D eigenvalue weighted by Gasteiger charge is 2.09. The van der Waals surface area contributed by atoms with Crippen LogP contribution in [0.1, 0.15) is 38.2 Å². The molecule has 1 rings (SSSR count). The number of unbranched alkanes of at least 4 members (excludes halogenated alkanes) is 3. The maximum Gasteiger partial charge on any atom is 0.0911 e. The molecule has 0 heterocycles. The van der Waals surface area contributed by atoms with Crippen molar-refractivity contribution >= 4 is 11.6 Å². The third-order valence-electron chi connectivity index (χ3n) is 4.88. The lowest BCUT2D eigenvalue weighted by molar-refractivity contribution is 0.0393. The molecular weight excluding hydrogens is 430 g/mol. The molecule has 0 saturated carbocycles. The van der Waals surface area contributed by atoms with Gasteiger partial charge in [0.25, 0.3) is 0 Å². The summed E-state index contributed by atoms with van der Waals surface area (Å²) in [7, 11) is 0. The summed E-state index contributed by atoms with van der Waals surface area (Å²) in [6, 6.07) is 7.67. The van der Waals surface area contributed by atoms with Crippen molar-refractivity contribution in [3.8, 4) is 0 Å². The molecule has 0 aliphatic heterocycles. The molecule has 0 fully saturated rings. The Morgan fingerprint density at radius 2 is 1.81 bits per heavy atom. The van der Waals surface area contributed by atoms with Gasteiger partial charge in [0.1, 0.15) is 0 Å². The van der Waals surface area contributed by atoms with Gasteiger partial charge in [0.15, 0.2) is 0 Å². The Bertz CT molecular complexity index is 653. The highest BCUT2D eigenvalue weighted by atomic mass is 35.5. The Hall–Kier alpha value is -1.25. The van der Waals surface area contributed by atoms with Crippen molar-refractivity contribution in [1.82, 2.24) is 5.32 Å². The fourth-order valence-corrected chi connectivity index (χ4v) is 3.22.